The Hall–Kier alpha value is -1.70. The molecule has 1 saturated carbocycles. The molecule has 0 aromatic carbocycles. The fourth-order valence-corrected chi connectivity index (χ4v) is 2.66. The van der Waals surface area contributed by atoms with Crippen molar-refractivity contribution in [2.24, 2.45) is 0 Å². The minimum Gasteiger partial charge on any atom is -0.481 e. The second-order valence-electron chi connectivity index (χ2n) is 5.25. The van der Waals surface area contributed by atoms with Crippen molar-refractivity contribution in [1.29, 1.82) is 0 Å². The maximum absolute atomic E-state index is 12.1. The minimum absolute atomic E-state index is 0.0125. The molecule has 2 amide bonds. The number of carbonyl (C=O) groups is 2. The Morgan fingerprint density at radius 2 is 2.00 bits per heavy atom. The van der Waals surface area contributed by atoms with Gasteiger partial charge in [-0.2, -0.15) is 0 Å². The van der Waals surface area contributed by atoms with Crippen LogP contribution in [-0.2, 0) is 4.79 Å². The fraction of sp³-hybridized carbons (Fsp3) is 0.714. The molecule has 5 heteroatoms. The van der Waals surface area contributed by atoms with E-state index in [1.165, 1.54) is 4.90 Å². The first-order chi connectivity index (χ1) is 8.91. The third-order valence-corrected chi connectivity index (χ3v) is 3.87. The van der Waals surface area contributed by atoms with Gasteiger partial charge in [0.2, 0.25) is 0 Å². The van der Waals surface area contributed by atoms with Gasteiger partial charge >= 0.3 is 12.0 Å². The molecule has 5 nitrogen and oxygen atoms in total. The molecule has 0 saturated heterocycles. The zero-order valence-electron chi connectivity index (χ0n) is 11.6. The summed E-state index contributed by atoms with van der Waals surface area (Å²) in [5, 5.41) is 11.8. The van der Waals surface area contributed by atoms with Crippen molar-refractivity contribution in [3.05, 3.63) is 0 Å². The first-order valence-corrected chi connectivity index (χ1v) is 6.63. The van der Waals surface area contributed by atoms with E-state index >= 15 is 0 Å². The SMILES string of the molecule is C#CC(C)NC(=O)N(C)C1(CC(=O)O)CCCCC1. The van der Waals surface area contributed by atoms with Crippen LogP contribution in [0.3, 0.4) is 0 Å². The number of carbonyl (C=O) groups excluding carboxylic acids is 1. The minimum atomic E-state index is -0.869. The number of amides is 2. The average Bonchev–Trinajstić information content (AvgIpc) is 2.37. The summed E-state index contributed by atoms with van der Waals surface area (Å²) in [6.07, 6.45) is 9.69. The lowest BCUT2D eigenvalue weighted by atomic mass is 9.78. The van der Waals surface area contributed by atoms with Crippen LogP contribution in [0.15, 0.2) is 0 Å². The highest BCUT2D eigenvalue weighted by atomic mass is 16.4. The van der Waals surface area contributed by atoms with Crippen molar-refractivity contribution in [3.63, 3.8) is 0 Å². The number of carboxylic acid groups (broad SMARTS) is 1. The van der Waals surface area contributed by atoms with Gasteiger partial charge in [0.15, 0.2) is 0 Å². The quantitative estimate of drug-likeness (QED) is 0.763. The summed E-state index contributed by atoms with van der Waals surface area (Å²) in [5.41, 5.74) is -0.581. The van der Waals surface area contributed by atoms with Crippen molar-refractivity contribution in [1.82, 2.24) is 10.2 Å². The molecule has 1 rings (SSSR count). The van der Waals surface area contributed by atoms with Gasteiger partial charge in [0.25, 0.3) is 0 Å². The predicted octanol–water partition coefficient (Wildman–Crippen LogP) is 1.83. The van der Waals surface area contributed by atoms with Gasteiger partial charge < -0.3 is 15.3 Å². The van der Waals surface area contributed by atoms with E-state index in [2.05, 4.69) is 11.2 Å². The maximum Gasteiger partial charge on any atom is 0.318 e. The molecule has 0 heterocycles. The highest BCUT2D eigenvalue weighted by Gasteiger charge is 2.40. The van der Waals surface area contributed by atoms with Gasteiger partial charge in [-0.25, -0.2) is 4.79 Å². The molecule has 0 radical (unpaired) electrons. The third kappa shape index (κ3) is 3.88. The van der Waals surface area contributed by atoms with Crippen LogP contribution in [0.4, 0.5) is 4.79 Å². The lowest BCUT2D eigenvalue weighted by molar-refractivity contribution is -0.140. The van der Waals surface area contributed by atoms with Gasteiger partial charge in [0.05, 0.1) is 18.0 Å². The van der Waals surface area contributed by atoms with Crippen molar-refractivity contribution in [2.75, 3.05) is 7.05 Å². The summed E-state index contributed by atoms with van der Waals surface area (Å²) < 4.78 is 0. The molecular formula is C14H22N2O3. The van der Waals surface area contributed by atoms with Crippen molar-refractivity contribution in [2.45, 2.75) is 57.0 Å². The van der Waals surface area contributed by atoms with Gasteiger partial charge in [0.1, 0.15) is 0 Å². The summed E-state index contributed by atoms with van der Waals surface area (Å²) in [4.78, 5) is 24.7. The average molecular weight is 266 g/mol. The Kier molecular flexibility index (Phi) is 5.22. The number of terminal acetylenes is 1. The fourth-order valence-electron chi connectivity index (χ4n) is 2.66. The van der Waals surface area contributed by atoms with Gasteiger partial charge in [0, 0.05) is 7.05 Å². The Balaban J connectivity index is 2.82. The maximum atomic E-state index is 12.1. The summed E-state index contributed by atoms with van der Waals surface area (Å²) >= 11 is 0. The molecule has 2 N–H and O–H groups in total. The molecule has 0 aliphatic heterocycles. The molecule has 1 aliphatic carbocycles. The van der Waals surface area contributed by atoms with E-state index in [0.29, 0.717) is 0 Å². The van der Waals surface area contributed by atoms with E-state index in [9.17, 15) is 9.59 Å². The summed E-state index contributed by atoms with van der Waals surface area (Å²) in [5.74, 6) is 1.56. The van der Waals surface area contributed by atoms with E-state index in [1.54, 1.807) is 14.0 Å². The molecule has 0 aromatic heterocycles. The van der Waals surface area contributed by atoms with Gasteiger partial charge in [-0.15, -0.1) is 6.42 Å². The van der Waals surface area contributed by atoms with E-state index in [1.807, 2.05) is 0 Å². The predicted molar refractivity (Wildman–Crippen MR) is 72.7 cm³/mol. The molecule has 106 valence electrons. The van der Waals surface area contributed by atoms with Gasteiger partial charge in [-0.1, -0.05) is 25.2 Å². The largest absolute Gasteiger partial charge is 0.481 e. The second-order valence-corrected chi connectivity index (χ2v) is 5.25. The Morgan fingerprint density at radius 3 is 2.47 bits per heavy atom. The Bertz CT molecular complexity index is 381. The second kappa shape index (κ2) is 6.46. The summed E-state index contributed by atoms with van der Waals surface area (Å²) in [6.45, 7) is 1.72. The van der Waals surface area contributed by atoms with Crippen molar-refractivity contribution < 1.29 is 14.7 Å². The highest BCUT2D eigenvalue weighted by molar-refractivity contribution is 5.77. The number of nitrogens with zero attached hydrogens (tertiary/aromatic N) is 1. The van der Waals surface area contributed by atoms with Crippen molar-refractivity contribution in [3.8, 4) is 12.3 Å². The number of hydrogen-bond donors (Lipinski definition) is 2. The van der Waals surface area contributed by atoms with Crippen LogP contribution in [0.25, 0.3) is 0 Å². The lowest BCUT2D eigenvalue weighted by Crippen LogP contribution is -2.56. The topological polar surface area (TPSA) is 69.6 Å². The van der Waals surface area contributed by atoms with E-state index < -0.39 is 11.5 Å². The summed E-state index contributed by atoms with van der Waals surface area (Å²) in [6, 6.07) is -0.658. The van der Waals surface area contributed by atoms with Crippen LogP contribution in [0.5, 0.6) is 0 Å². The number of rotatable bonds is 4. The molecule has 1 fully saturated rings. The highest BCUT2D eigenvalue weighted by Crippen LogP contribution is 2.35. The van der Waals surface area contributed by atoms with Crippen LogP contribution in [0.2, 0.25) is 0 Å². The smallest absolute Gasteiger partial charge is 0.318 e. The van der Waals surface area contributed by atoms with Crippen LogP contribution in [0, 0.1) is 12.3 Å². The molecule has 1 atom stereocenters. The Morgan fingerprint density at radius 1 is 1.42 bits per heavy atom. The van der Waals surface area contributed by atoms with E-state index in [-0.39, 0.29) is 18.5 Å². The Labute approximate surface area is 114 Å². The van der Waals surface area contributed by atoms with Crippen LogP contribution >= 0.6 is 0 Å². The zero-order valence-corrected chi connectivity index (χ0v) is 11.6. The standard InChI is InChI=1S/C14H22N2O3/c1-4-11(2)15-13(19)16(3)14(10-12(17)18)8-6-5-7-9-14/h1,11H,5-10H2,2-3H3,(H,15,19)(H,17,18). The van der Waals surface area contributed by atoms with Gasteiger partial charge in [-0.3, -0.25) is 4.79 Å². The first-order valence-electron chi connectivity index (χ1n) is 6.63. The number of hydrogen-bond acceptors (Lipinski definition) is 2. The first kappa shape index (κ1) is 15.4. The van der Waals surface area contributed by atoms with Crippen LogP contribution < -0.4 is 5.32 Å². The van der Waals surface area contributed by atoms with Crippen LogP contribution in [-0.4, -0.2) is 40.6 Å². The van der Waals surface area contributed by atoms with Gasteiger partial charge in [-0.05, 0) is 19.8 Å². The molecule has 1 aliphatic rings. The number of urea groups is 1. The summed E-state index contributed by atoms with van der Waals surface area (Å²) in [7, 11) is 1.66. The number of aliphatic carboxylic acids is 1. The zero-order chi connectivity index (χ0) is 14.5. The normalized spacial score (nSPS) is 19.0. The molecule has 0 spiro atoms. The van der Waals surface area contributed by atoms with Crippen LogP contribution in [0.1, 0.15) is 45.4 Å². The van der Waals surface area contributed by atoms with E-state index in [4.69, 9.17) is 11.5 Å². The molecule has 0 bridgehead atoms. The molecule has 1 unspecified atom stereocenters. The molecular weight excluding hydrogens is 244 g/mol. The molecule has 0 aromatic rings. The monoisotopic (exact) mass is 266 g/mol. The lowest BCUT2D eigenvalue weighted by Gasteiger charge is -2.43. The number of nitrogens with one attached hydrogen (secondary N) is 1. The molecule has 19 heavy (non-hydrogen) atoms. The third-order valence-electron chi connectivity index (χ3n) is 3.87. The number of carboxylic acids is 1. The van der Waals surface area contributed by atoms with E-state index in [0.717, 1.165) is 32.1 Å². The van der Waals surface area contributed by atoms with Crippen molar-refractivity contribution >= 4 is 12.0 Å².